The van der Waals surface area contributed by atoms with Crippen molar-refractivity contribution in [2.75, 3.05) is 18.6 Å². The van der Waals surface area contributed by atoms with Gasteiger partial charge in [-0.3, -0.25) is 24.4 Å². The van der Waals surface area contributed by atoms with Crippen LogP contribution < -0.4 is 33.6 Å². The summed E-state index contributed by atoms with van der Waals surface area (Å²) >= 11 is 12.3. The fourth-order valence-corrected chi connectivity index (χ4v) is 7.92. The first-order valence-corrected chi connectivity index (χ1v) is 21.4. The van der Waals surface area contributed by atoms with E-state index in [1.54, 1.807) is 102 Å². The second-order valence-corrected chi connectivity index (χ2v) is 16.2. The number of amides is 1. The van der Waals surface area contributed by atoms with Crippen molar-refractivity contribution in [2.24, 2.45) is 5.73 Å². The molecule has 14 nitrogen and oxygen atoms in total. The summed E-state index contributed by atoms with van der Waals surface area (Å²) in [4.78, 5) is 62.4. The lowest BCUT2D eigenvalue weighted by atomic mass is 10.0. The summed E-state index contributed by atoms with van der Waals surface area (Å²) in [7, 11) is 1.32. The maximum Gasteiger partial charge on any atom is 0.337 e. The smallest absolute Gasteiger partial charge is 0.337 e. The Morgan fingerprint density at radius 3 is 1.66 bits per heavy atom. The van der Waals surface area contributed by atoms with Gasteiger partial charge in [-0.05, 0) is 134 Å². The number of aryl methyl sites for hydroxylation is 4. The molecule has 346 valence electrons. The number of esters is 1. The van der Waals surface area contributed by atoms with Gasteiger partial charge in [-0.25, -0.2) is 9.78 Å². The number of halogens is 2. The highest BCUT2D eigenvalue weighted by atomic mass is 35.5. The zero-order valence-corrected chi connectivity index (χ0v) is 38.6. The first-order chi connectivity index (χ1) is 31.6. The maximum atomic E-state index is 12.8. The molecule has 67 heavy (non-hydrogen) atoms. The zero-order chi connectivity index (χ0) is 47.7. The van der Waals surface area contributed by atoms with Crippen molar-refractivity contribution >= 4 is 68.1 Å². The number of anilines is 2. The van der Waals surface area contributed by atoms with Gasteiger partial charge in [-0.2, -0.15) is 0 Å². The minimum atomic E-state index is -0.439. The second-order valence-electron chi connectivity index (χ2n) is 15.4. The number of nitrogen functional groups attached to an aromatic ring is 2. The number of pyridine rings is 5. The lowest BCUT2D eigenvalue weighted by Gasteiger charge is -2.12. The molecule has 16 heteroatoms. The number of nitrogens with zero attached hydrogens (tertiary/aromatic N) is 5. The van der Waals surface area contributed by atoms with E-state index in [4.69, 9.17) is 40.4 Å². The Hall–Kier alpha value is -7.39. The molecule has 0 fully saturated rings. The summed E-state index contributed by atoms with van der Waals surface area (Å²) in [5.41, 5.74) is 25.8. The van der Waals surface area contributed by atoms with Crippen molar-refractivity contribution in [1.29, 1.82) is 0 Å². The van der Waals surface area contributed by atoms with E-state index in [0.717, 1.165) is 22.5 Å². The van der Waals surface area contributed by atoms with Crippen LogP contribution in [0.2, 0.25) is 10.0 Å². The van der Waals surface area contributed by atoms with Crippen molar-refractivity contribution in [2.45, 2.75) is 61.3 Å². The van der Waals surface area contributed by atoms with Crippen molar-refractivity contribution in [3.8, 4) is 0 Å². The summed E-state index contributed by atoms with van der Waals surface area (Å²) < 4.78 is 7.77. The van der Waals surface area contributed by atoms with E-state index in [1.165, 1.54) is 34.6 Å². The molecule has 0 saturated carbocycles. The van der Waals surface area contributed by atoms with Crippen LogP contribution in [0.4, 0.5) is 11.5 Å². The van der Waals surface area contributed by atoms with E-state index >= 15 is 0 Å². The van der Waals surface area contributed by atoms with Gasteiger partial charge in [-0.1, -0.05) is 42.8 Å². The third kappa shape index (κ3) is 12.3. The summed E-state index contributed by atoms with van der Waals surface area (Å²) in [6.07, 6.45) is 6.44. The van der Waals surface area contributed by atoms with E-state index < -0.39 is 5.97 Å². The lowest BCUT2D eigenvalue weighted by molar-refractivity contribution is 0.0600. The quantitative estimate of drug-likeness (QED) is 0.0795. The van der Waals surface area contributed by atoms with Crippen molar-refractivity contribution in [1.82, 2.24) is 29.4 Å². The minimum Gasteiger partial charge on any atom is -0.465 e. The fourth-order valence-electron chi connectivity index (χ4n) is 7.45. The highest BCUT2D eigenvalue weighted by Gasteiger charge is 2.13. The first kappa shape index (κ1) is 50.6. The van der Waals surface area contributed by atoms with Crippen LogP contribution >= 0.6 is 23.2 Å². The monoisotopic (exact) mass is 941 g/mol. The number of aromatic nitrogens is 5. The molecule has 0 unspecified atom stereocenters. The van der Waals surface area contributed by atoms with Crippen LogP contribution in [-0.2, 0) is 30.9 Å². The molecule has 7 N–H and O–H groups in total. The molecule has 0 aliphatic heterocycles. The van der Waals surface area contributed by atoms with Crippen molar-refractivity contribution in [3.63, 3.8) is 0 Å². The molecule has 5 aromatic heterocycles. The number of rotatable bonds is 9. The van der Waals surface area contributed by atoms with Gasteiger partial charge in [0.15, 0.2) is 0 Å². The molecule has 0 saturated heterocycles. The Labute approximate surface area is 398 Å². The third-order valence-corrected chi connectivity index (χ3v) is 11.5. The number of nitrogens with one attached hydrogen (secondary N) is 1. The predicted octanol–water partition coefficient (Wildman–Crippen LogP) is 8.49. The molecule has 0 atom stereocenters. The van der Waals surface area contributed by atoms with Gasteiger partial charge in [0.05, 0.1) is 37.2 Å². The summed E-state index contributed by atoms with van der Waals surface area (Å²) in [6.45, 7) is 9.30. The zero-order valence-electron chi connectivity index (χ0n) is 37.1. The first-order valence-electron chi connectivity index (χ1n) is 20.7. The lowest BCUT2D eigenvalue weighted by Crippen LogP contribution is -2.25. The molecule has 1 amide bonds. The second kappa shape index (κ2) is 22.7. The standard InChI is InChI=1S/C24H22ClN5O2.C17H13ClN2O3.C9H14N2.CH4/c1-14-10-22(26)29-15(2)20(14)12-28-23(31)16-6-8-27-17(11-16)13-30-9-7-18-19(24(30)32)4-3-5-21(18)25;1-23-17(22)11-5-7-19-12(9-11)10-20-8-6-13-14(16(20)21)3-2-4-15(13)18;1-6-3-8(11)4-7(2)9(6)5-10;/h3-11H,12-13H2,1-2H3,(H2,26,29)(H,28,31);2-9H,10H2,1H3;3-4H,5,10-11H2,1-2H3;1H4. The van der Waals surface area contributed by atoms with Crippen LogP contribution in [0.25, 0.3) is 21.5 Å². The van der Waals surface area contributed by atoms with Crippen molar-refractivity contribution < 1.29 is 14.3 Å². The number of carbonyl (C=O) groups is 2. The van der Waals surface area contributed by atoms with Gasteiger partial charge in [0.1, 0.15) is 5.82 Å². The van der Waals surface area contributed by atoms with Crippen LogP contribution in [0, 0.1) is 27.7 Å². The number of hydrogen-bond acceptors (Lipinski definition) is 11. The molecule has 0 aliphatic rings. The molecule has 8 rings (SSSR count). The van der Waals surface area contributed by atoms with Crippen LogP contribution in [0.3, 0.4) is 0 Å². The van der Waals surface area contributed by atoms with E-state index in [0.29, 0.717) is 73.0 Å². The van der Waals surface area contributed by atoms with Gasteiger partial charge in [0.25, 0.3) is 17.0 Å². The molecule has 5 heterocycles. The molecule has 0 aliphatic carbocycles. The Morgan fingerprint density at radius 1 is 0.672 bits per heavy atom. The van der Waals surface area contributed by atoms with Crippen LogP contribution in [0.15, 0.2) is 125 Å². The number of nitrogens with two attached hydrogens (primary N) is 3. The normalized spacial score (nSPS) is 10.6. The Balaban J connectivity index is 0.000000209. The minimum absolute atomic E-state index is 0. The Morgan fingerprint density at radius 2 is 1.16 bits per heavy atom. The average molecular weight is 943 g/mol. The van der Waals surface area contributed by atoms with Crippen LogP contribution in [0.1, 0.15) is 73.0 Å². The SMILES string of the molecule is C.COC(=O)c1ccnc(Cn2ccc3c(Cl)cccc3c2=O)c1.Cc1cc(N)cc(C)c1CN.Cc1cc(N)nc(C)c1CNC(=O)c1ccnc(Cn2ccc3c(Cl)cccc3c2=O)c1. The van der Waals surface area contributed by atoms with Gasteiger partial charge >= 0.3 is 5.97 Å². The summed E-state index contributed by atoms with van der Waals surface area (Å²) in [5, 5.41) is 6.50. The van der Waals surface area contributed by atoms with Gasteiger partial charge in [0, 0.05) is 86.4 Å². The van der Waals surface area contributed by atoms with E-state index in [2.05, 4.69) is 25.0 Å². The maximum absolute atomic E-state index is 12.8. The van der Waals surface area contributed by atoms with Crippen LogP contribution in [0.5, 0.6) is 0 Å². The van der Waals surface area contributed by atoms with E-state index in [9.17, 15) is 19.2 Å². The van der Waals surface area contributed by atoms with Gasteiger partial charge in [-0.15, -0.1) is 0 Å². The van der Waals surface area contributed by atoms with Crippen LogP contribution in [-0.4, -0.2) is 43.1 Å². The summed E-state index contributed by atoms with van der Waals surface area (Å²) in [5.74, 6) is -0.215. The number of ether oxygens (including phenoxy) is 1. The average Bonchev–Trinajstić information content (AvgIpc) is 3.28. The fraction of sp³-hybridized carbons (Fsp3) is 0.196. The molecule has 0 bridgehead atoms. The number of methoxy groups -OCH3 is 1. The van der Waals surface area contributed by atoms with Gasteiger partial charge in [0.2, 0.25) is 0 Å². The summed E-state index contributed by atoms with van der Waals surface area (Å²) in [6, 6.07) is 26.3. The largest absolute Gasteiger partial charge is 0.465 e. The highest BCUT2D eigenvalue weighted by Crippen LogP contribution is 2.22. The number of hydrogen-bond donors (Lipinski definition) is 4. The molecule has 0 spiro atoms. The van der Waals surface area contributed by atoms with E-state index in [-0.39, 0.29) is 37.5 Å². The number of benzene rings is 3. The van der Waals surface area contributed by atoms with Crippen molar-refractivity contribution in [3.05, 3.63) is 203 Å². The highest BCUT2D eigenvalue weighted by molar-refractivity contribution is 6.35. The van der Waals surface area contributed by atoms with E-state index in [1.807, 2.05) is 39.8 Å². The molecule has 3 aromatic carbocycles. The Kier molecular flexibility index (Phi) is 17.1. The predicted molar refractivity (Wildman–Crippen MR) is 269 cm³/mol. The number of fused-ring (bicyclic) bond motifs is 2. The topological polar surface area (TPSA) is 216 Å². The molecular formula is C51H53Cl2N9O5. The molecule has 8 aromatic rings. The molecule has 0 radical (unpaired) electrons. The molecular weight excluding hydrogens is 890 g/mol. The van der Waals surface area contributed by atoms with Gasteiger partial charge < -0.3 is 36.4 Å². The third-order valence-electron chi connectivity index (χ3n) is 10.8. The number of carbonyl (C=O) groups excluding carboxylic acids is 2. The Bertz CT molecular complexity index is 3180.